The standard InChI is InChI=1S/C23H26N2O5S/c1-29-22(26)23(24,13-5-6-14-25-15-17-30-18-16-25)31(27,28)21-11-9-20(10-12-21)19-7-3-2-4-8-19/h2-4,7-12H,13-18,24H2,1H3. The van der Waals surface area contributed by atoms with Crippen LogP contribution < -0.4 is 5.73 Å². The summed E-state index contributed by atoms with van der Waals surface area (Å²) in [7, 11) is -3.14. The molecule has 1 aliphatic heterocycles. The number of nitrogens with two attached hydrogens (primary N) is 1. The predicted octanol–water partition coefficient (Wildman–Crippen LogP) is 1.68. The summed E-state index contributed by atoms with van der Waals surface area (Å²) in [6.07, 6.45) is -0.368. The van der Waals surface area contributed by atoms with Gasteiger partial charge in [0.2, 0.25) is 14.7 Å². The lowest BCUT2D eigenvalue weighted by molar-refractivity contribution is -0.143. The maximum Gasteiger partial charge on any atom is 0.343 e. The van der Waals surface area contributed by atoms with E-state index in [0.717, 1.165) is 31.3 Å². The van der Waals surface area contributed by atoms with Gasteiger partial charge >= 0.3 is 5.97 Å². The van der Waals surface area contributed by atoms with Crippen LogP contribution in [0.15, 0.2) is 59.5 Å². The van der Waals surface area contributed by atoms with E-state index in [4.69, 9.17) is 15.2 Å². The summed E-state index contributed by atoms with van der Waals surface area (Å²) in [5.41, 5.74) is 7.94. The van der Waals surface area contributed by atoms with Crippen LogP contribution in [0.3, 0.4) is 0 Å². The molecule has 0 saturated carbocycles. The fourth-order valence-corrected chi connectivity index (χ4v) is 4.72. The topological polar surface area (TPSA) is 98.9 Å². The van der Waals surface area contributed by atoms with E-state index in [-0.39, 0.29) is 11.3 Å². The Labute approximate surface area is 183 Å². The quantitative estimate of drug-likeness (QED) is 0.537. The number of rotatable bonds is 6. The van der Waals surface area contributed by atoms with Crippen molar-refractivity contribution in [3.05, 3.63) is 54.6 Å². The van der Waals surface area contributed by atoms with Gasteiger partial charge in [-0.2, -0.15) is 0 Å². The average molecular weight is 443 g/mol. The van der Waals surface area contributed by atoms with Gasteiger partial charge in [0.15, 0.2) is 0 Å². The van der Waals surface area contributed by atoms with Gasteiger partial charge in [-0.05, 0) is 23.3 Å². The Balaban J connectivity index is 1.82. The predicted molar refractivity (Wildman–Crippen MR) is 118 cm³/mol. The lowest BCUT2D eigenvalue weighted by Crippen LogP contribution is -2.55. The molecule has 1 aliphatic rings. The van der Waals surface area contributed by atoms with Crippen LogP contribution in [0.5, 0.6) is 0 Å². The van der Waals surface area contributed by atoms with Gasteiger partial charge < -0.3 is 15.2 Å². The monoisotopic (exact) mass is 442 g/mol. The third-order valence-corrected chi connectivity index (χ3v) is 7.33. The number of nitrogens with zero attached hydrogens (tertiary/aromatic N) is 1. The highest BCUT2D eigenvalue weighted by molar-refractivity contribution is 7.93. The minimum atomic E-state index is -4.25. The van der Waals surface area contributed by atoms with Crippen LogP contribution in [-0.4, -0.2) is 64.1 Å². The third kappa shape index (κ3) is 5.14. The maximum atomic E-state index is 13.3. The van der Waals surface area contributed by atoms with Crippen molar-refractivity contribution in [3.63, 3.8) is 0 Å². The number of esters is 1. The zero-order valence-corrected chi connectivity index (χ0v) is 18.2. The van der Waals surface area contributed by atoms with Crippen LogP contribution >= 0.6 is 0 Å². The highest BCUT2D eigenvalue weighted by Gasteiger charge is 2.49. The Morgan fingerprint density at radius 2 is 1.68 bits per heavy atom. The maximum absolute atomic E-state index is 13.3. The SMILES string of the molecule is COC(=O)C(N)(CC#CCN1CCOCC1)S(=O)(=O)c1ccc(-c2ccccc2)cc1. The molecule has 1 atom stereocenters. The van der Waals surface area contributed by atoms with Gasteiger partial charge in [0, 0.05) is 13.1 Å². The van der Waals surface area contributed by atoms with Gasteiger partial charge in [-0.15, -0.1) is 0 Å². The lowest BCUT2D eigenvalue weighted by atomic mass is 10.1. The van der Waals surface area contributed by atoms with Crippen LogP contribution in [-0.2, 0) is 24.1 Å². The number of carbonyl (C=O) groups excluding carboxylic acids is 1. The molecule has 164 valence electrons. The molecule has 0 amide bonds. The van der Waals surface area contributed by atoms with Crippen molar-refractivity contribution in [1.82, 2.24) is 4.90 Å². The Bertz CT molecular complexity index is 1050. The molecule has 7 nitrogen and oxygen atoms in total. The number of ether oxygens (including phenoxy) is 2. The van der Waals surface area contributed by atoms with Crippen LogP contribution in [0.4, 0.5) is 0 Å². The fourth-order valence-electron chi connectivity index (χ4n) is 3.24. The Kier molecular flexibility index (Phi) is 7.46. The summed E-state index contributed by atoms with van der Waals surface area (Å²) >= 11 is 0. The van der Waals surface area contributed by atoms with E-state index in [1.54, 1.807) is 12.1 Å². The van der Waals surface area contributed by atoms with E-state index in [1.807, 2.05) is 30.3 Å². The first-order valence-electron chi connectivity index (χ1n) is 9.92. The smallest absolute Gasteiger partial charge is 0.343 e. The molecular weight excluding hydrogens is 416 g/mol. The van der Waals surface area contributed by atoms with Gasteiger partial charge in [0.1, 0.15) is 0 Å². The van der Waals surface area contributed by atoms with Crippen LogP contribution in [0.2, 0.25) is 0 Å². The average Bonchev–Trinajstić information content (AvgIpc) is 2.82. The first-order valence-corrected chi connectivity index (χ1v) is 11.4. The van der Waals surface area contributed by atoms with Crippen molar-refractivity contribution in [1.29, 1.82) is 0 Å². The zero-order valence-electron chi connectivity index (χ0n) is 17.4. The van der Waals surface area contributed by atoms with E-state index in [0.29, 0.717) is 19.8 Å². The molecule has 2 aromatic rings. The van der Waals surface area contributed by atoms with Gasteiger partial charge in [0.25, 0.3) is 0 Å². The van der Waals surface area contributed by atoms with Gasteiger partial charge in [0.05, 0.1) is 38.2 Å². The minimum Gasteiger partial charge on any atom is -0.467 e. The zero-order chi connectivity index (χ0) is 22.3. The molecule has 0 bridgehead atoms. The van der Waals surface area contributed by atoms with E-state index in [1.165, 1.54) is 12.1 Å². The number of methoxy groups -OCH3 is 1. The van der Waals surface area contributed by atoms with Crippen molar-refractivity contribution in [3.8, 4) is 23.0 Å². The second-order valence-electron chi connectivity index (χ2n) is 7.19. The molecular formula is C23H26N2O5S. The highest BCUT2D eigenvalue weighted by atomic mass is 32.2. The second kappa shape index (κ2) is 10.1. The number of hydrogen-bond donors (Lipinski definition) is 1. The van der Waals surface area contributed by atoms with E-state index >= 15 is 0 Å². The molecule has 0 aliphatic carbocycles. The van der Waals surface area contributed by atoms with Gasteiger partial charge in [-0.3, -0.25) is 4.90 Å². The first-order chi connectivity index (χ1) is 14.9. The minimum absolute atomic E-state index is 0.0601. The Morgan fingerprint density at radius 1 is 1.06 bits per heavy atom. The molecule has 2 N–H and O–H groups in total. The molecule has 0 aromatic heterocycles. The van der Waals surface area contributed by atoms with Crippen molar-refractivity contribution in [2.24, 2.45) is 5.73 Å². The first kappa shape index (κ1) is 23.0. The second-order valence-corrected chi connectivity index (χ2v) is 9.40. The molecule has 1 heterocycles. The summed E-state index contributed by atoms with van der Waals surface area (Å²) in [5.74, 6) is 4.63. The number of carbonyl (C=O) groups is 1. The number of sulfone groups is 1. The highest BCUT2D eigenvalue weighted by Crippen LogP contribution is 2.28. The molecule has 8 heteroatoms. The summed E-state index contributed by atoms with van der Waals surface area (Å²) in [4.78, 5) is 12.1. The summed E-state index contributed by atoms with van der Waals surface area (Å²) in [6.45, 7) is 3.24. The van der Waals surface area contributed by atoms with Crippen molar-refractivity contribution >= 4 is 15.8 Å². The van der Waals surface area contributed by atoms with Crippen molar-refractivity contribution < 1.29 is 22.7 Å². The van der Waals surface area contributed by atoms with Gasteiger partial charge in [-0.25, -0.2) is 13.2 Å². The van der Waals surface area contributed by atoms with E-state index in [9.17, 15) is 13.2 Å². The van der Waals surface area contributed by atoms with Crippen molar-refractivity contribution in [2.45, 2.75) is 16.2 Å². The summed E-state index contributed by atoms with van der Waals surface area (Å²) in [5, 5.41) is 0. The number of hydrogen-bond acceptors (Lipinski definition) is 7. The van der Waals surface area contributed by atoms with Crippen LogP contribution in [0, 0.1) is 11.8 Å². The molecule has 1 fully saturated rings. The summed E-state index contributed by atoms with van der Waals surface area (Å²) < 4.78 is 36.6. The molecule has 0 spiro atoms. The summed E-state index contributed by atoms with van der Waals surface area (Å²) in [6, 6.07) is 15.8. The van der Waals surface area contributed by atoms with Gasteiger partial charge in [-0.1, -0.05) is 54.3 Å². The Morgan fingerprint density at radius 3 is 2.29 bits per heavy atom. The number of benzene rings is 2. The number of morpholine rings is 1. The largest absolute Gasteiger partial charge is 0.467 e. The normalized spacial score (nSPS) is 16.6. The Hall–Kier alpha value is -2.70. The van der Waals surface area contributed by atoms with Crippen molar-refractivity contribution in [2.75, 3.05) is 40.0 Å². The lowest BCUT2D eigenvalue weighted by Gasteiger charge is -2.25. The fraction of sp³-hybridized carbons (Fsp3) is 0.348. The van der Waals surface area contributed by atoms with E-state index in [2.05, 4.69) is 16.7 Å². The molecule has 0 radical (unpaired) electrons. The molecule has 2 aromatic carbocycles. The van der Waals surface area contributed by atoms with Crippen LogP contribution in [0.25, 0.3) is 11.1 Å². The van der Waals surface area contributed by atoms with E-state index < -0.39 is 20.7 Å². The molecule has 31 heavy (non-hydrogen) atoms. The van der Waals surface area contributed by atoms with Crippen LogP contribution in [0.1, 0.15) is 6.42 Å². The molecule has 3 rings (SSSR count). The third-order valence-electron chi connectivity index (χ3n) is 5.16. The molecule has 1 unspecified atom stereocenters. The molecule has 1 saturated heterocycles.